The highest BCUT2D eigenvalue weighted by Crippen LogP contribution is 2.19. The van der Waals surface area contributed by atoms with E-state index in [9.17, 15) is 21.6 Å². The van der Waals surface area contributed by atoms with Crippen molar-refractivity contribution in [3.05, 3.63) is 0 Å². The molecule has 0 bridgehead atoms. The molecule has 130 valence electrons. The molecule has 10 nitrogen and oxygen atoms in total. The van der Waals surface area contributed by atoms with E-state index in [0.717, 1.165) is 12.8 Å². The van der Waals surface area contributed by atoms with E-state index in [2.05, 4.69) is 20.2 Å². The molecule has 1 aliphatic heterocycles. The van der Waals surface area contributed by atoms with E-state index in [-0.39, 0.29) is 21.8 Å². The Morgan fingerprint density at radius 2 is 1.87 bits per heavy atom. The third kappa shape index (κ3) is 4.91. The summed E-state index contributed by atoms with van der Waals surface area (Å²) in [5.41, 5.74) is 0. The van der Waals surface area contributed by atoms with Crippen LogP contribution in [0, 0.1) is 0 Å². The van der Waals surface area contributed by atoms with Crippen LogP contribution in [0.3, 0.4) is 0 Å². The Bertz CT molecular complexity index is 767. The molecule has 13 heteroatoms. The summed E-state index contributed by atoms with van der Waals surface area (Å²) in [4.78, 5) is 10.9. The smallest absolute Gasteiger partial charge is 0.269 e. The van der Waals surface area contributed by atoms with Gasteiger partial charge in [0.05, 0.1) is 5.75 Å². The van der Waals surface area contributed by atoms with Gasteiger partial charge in [0.15, 0.2) is 0 Å². The first-order valence-corrected chi connectivity index (χ1v) is 10.7. The number of anilines is 1. The standard InChI is InChI=1S/C10H17N5O5S3/c1-8(16)12-9-13-14-10(21-9)23(19,20)11-4-7-22(17,18)15-5-2-3-6-15/h11H,2-7H2,1H3,(H,12,13,16). The Morgan fingerprint density at radius 1 is 1.22 bits per heavy atom. The molecule has 0 aliphatic carbocycles. The highest BCUT2D eigenvalue weighted by Gasteiger charge is 2.26. The molecular formula is C10H17N5O5S3. The molecule has 0 atom stereocenters. The van der Waals surface area contributed by atoms with Crippen molar-refractivity contribution in [2.45, 2.75) is 24.1 Å². The van der Waals surface area contributed by atoms with Gasteiger partial charge in [-0.3, -0.25) is 4.79 Å². The van der Waals surface area contributed by atoms with Crippen LogP contribution in [0.25, 0.3) is 0 Å². The van der Waals surface area contributed by atoms with Gasteiger partial charge in [-0.25, -0.2) is 25.9 Å². The number of rotatable bonds is 7. The van der Waals surface area contributed by atoms with E-state index in [1.807, 2.05) is 0 Å². The Hall–Kier alpha value is -1.15. The molecule has 1 amide bonds. The molecule has 1 aromatic heterocycles. The number of carbonyl (C=O) groups is 1. The molecule has 1 aromatic rings. The van der Waals surface area contributed by atoms with Gasteiger partial charge >= 0.3 is 0 Å². The molecule has 2 rings (SSSR count). The maximum absolute atomic E-state index is 12.0. The van der Waals surface area contributed by atoms with Crippen LogP contribution in [0.15, 0.2) is 4.34 Å². The van der Waals surface area contributed by atoms with Gasteiger partial charge in [-0.2, -0.15) is 0 Å². The Balaban J connectivity index is 1.93. The minimum absolute atomic E-state index is 0.0579. The minimum atomic E-state index is -3.96. The first-order chi connectivity index (χ1) is 10.7. The molecule has 1 aliphatic rings. The molecule has 0 radical (unpaired) electrons. The number of nitrogens with zero attached hydrogens (tertiary/aromatic N) is 3. The number of carbonyl (C=O) groups excluding carboxylic acids is 1. The predicted octanol–water partition coefficient (Wildman–Crippen LogP) is -0.800. The summed E-state index contributed by atoms with van der Waals surface area (Å²) in [7, 11) is -7.42. The average molecular weight is 383 g/mol. The minimum Gasteiger partial charge on any atom is -0.301 e. The zero-order valence-corrected chi connectivity index (χ0v) is 14.8. The number of amides is 1. The van der Waals surface area contributed by atoms with Gasteiger partial charge in [0.1, 0.15) is 0 Å². The van der Waals surface area contributed by atoms with Crippen molar-refractivity contribution in [2.75, 3.05) is 30.7 Å². The highest BCUT2D eigenvalue weighted by atomic mass is 32.2. The van der Waals surface area contributed by atoms with Crippen molar-refractivity contribution in [1.82, 2.24) is 19.2 Å². The number of hydrogen-bond acceptors (Lipinski definition) is 8. The normalized spacial score (nSPS) is 16.6. The molecular weight excluding hydrogens is 366 g/mol. The molecule has 0 aromatic carbocycles. The molecule has 0 saturated carbocycles. The van der Waals surface area contributed by atoms with E-state index < -0.39 is 26.0 Å². The number of nitrogens with one attached hydrogen (secondary N) is 2. The number of sulfonamides is 2. The van der Waals surface area contributed by atoms with E-state index in [1.54, 1.807) is 0 Å². The lowest BCUT2D eigenvalue weighted by molar-refractivity contribution is -0.114. The zero-order valence-electron chi connectivity index (χ0n) is 12.4. The van der Waals surface area contributed by atoms with Crippen LogP contribution in [0.5, 0.6) is 0 Å². The van der Waals surface area contributed by atoms with Crippen molar-refractivity contribution in [3.63, 3.8) is 0 Å². The summed E-state index contributed by atoms with van der Waals surface area (Å²) >= 11 is 0.687. The fourth-order valence-corrected chi connectivity index (χ4v) is 5.56. The second-order valence-corrected chi connectivity index (χ2v) is 9.88. The monoisotopic (exact) mass is 383 g/mol. The summed E-state index contributed by atoms with van der Waals surface area (Å²) < 4.78 is 51.2. The quantitative estimate of drug-likeness (QED) is 0.588. The molecule has 0 spiro atoms. The second kappa shape index (κ2) is 7.17. The molecule has 23 heavy (non-hydrogen) atoms. The maximum Gasteiger partial charge on any atom is 0.269 e. The van der Waals surface area contributed by atoms with Crippen LogP contribution < -0.4 is 10.0 Å². The number of hydrogen-bond donors (Lipinski definition) is 2. The van der Waals surface area contributed by atoms with Gasteiger partial charge in [0.25, 0.3) is 10.0 Å². The van der Waals surface area contributed by atoms with Crippen molar-refractivity contribution in [1.29, 1.82) is 0 Å². The van der Waals surface area contributed by atoms with Gasteiger partial charge < -0.3 is 5.32 Å². The SMILES string of the molecule is CC(=O)Nc1nnc(S(=O)(=O)NCCS(=O)(=O)N2CCCC2)s1. The van der Waals surface area contributed by atoms with Crippen molar-refractivity contribution in [2.24, 2.45) is 0 Å². The first kappa shape index (κ1) is 18.2. The Labute approximate surface area is 138 Å². The van der Waals surface area contributed by atoms with E-state index >= 15 is 0 Å². The Morgan fingerprint density at radius 3 is 2.48 bits per heavy atom. The van der Waals surface area contributed by atoms with E-state index in [0.29, 0.717) is 24.4 Å². The van der Waals surface area contributed by atoms with Gasteiger partial charge in [0, 0.05) is 26.6 Å². The molecule has 1 fully saturated rings. The van der Waals surface area contributed by atoms with E-state index in [1.165, 1.54) is 11.2 Å². The van der Waals surface area contributed by atoms with Gasteiger partial charge in [-0.15, -0.1) is 10.2 Å². The van der Waals surface area contributed by atoms with Gasteiger partial charge in [-0.05, 0) is 12.8 Å². The molecule has 2 N–H and O–H groups in total. The van der Waals surface area contributed by atoms with Gasteiger partial charge in [-0.1, -0.05) is 11.3 Å². The first-order valence-electron chi connectivity index (χ1n) is 6.79. The largest absolute Gasteiger partial charge is 0.301 e. The summed E-state index contributed by atoms with van der Waals surface area (Å²) in [6.07, 6.45) is 1.64. The van der Waals surface area contributed by atoms with Crippen LogP contribution in [0.4, 0.5) is 5.13 Å². The van der Waals surface area contributed by atoms with Crippen LogP contribution in [-0.4, -0.2) is 62.6 Å². The third-order valence-electron chi connectivity index (χ3n) is 3.03. The highest BCUT2D eigenvalue weighted by molar-refractivity contribution is 7.91. The lowest BCUT2D eigenvalue weighted by Gasteiger charge is -2.15. The topological polar surface area (TPSA) is 138 Å². The van der Waals surface area contributed by atoms with Crippen LogP contribution >= 0.6 is 11.3 Å². The number of aromatic nitrogens is 2. The van der Waals surface area contributed by atoms with Crippen LogP contribution in [0.1, 0.15) is 19.8 Å². The van der Waals surface area contributed by atoms with E-state index in [4.69, 9.17) is 0 Å². The summed E-state index contributed by atoms with van der Waals surface area (Å²) in [6.45, 7) is 1.96. The Kier molecular flexibility index (Phi) is 5.67. The summed E-state index contributed by atoms with van der Waals surface area (Å²) in [5.74, 6) is -0.710. The maximum atomic E-state index is 12.0. The van der Waals surface area contributed by atoms with Gasteiger partial charge in [0.2, 0.25) is 25.4 Å². The molecule has 2 heterocycles. The van der Waals surface area contributed by atoms with Crippen molar-refractivity contribution >= 4 is 42.4 Å². The fraction of sp³-hybridized carbons (Fsp3) is 0.700. The summed E-state index contributed by atoms with van der Waals surface area (Å²) in [6, 6.07) is 0. The lowest BCUT2D eigenvalue weighted by Crippen LogP contribution is -2.36. The second-order valence-electron chi connectivity index (χ2n) is 4.87. The lowest BCUT2D eigenvalue weighted by atomic mass is 10.4. The fourth-order valence-electron chi connectivity index (χ4n) is 1.98. The predicted molar refractivity (Wildman–Crippen MR) is 84.0 cm³/mol. The van der Waals surface area contributed by atoms with Crippen molar-refractivity contribution < 1.29 is 21.6 Å². The third-order valence-corrected chi connectivity index (χ3v) is 7.57. The molecule has 1 saturated heterocycles. The molecule has 0 unspecified atom stereocenters. The zero-order chi connectivity index (χ0) is 17.1. The van der Waals surface area contributed by atoms with Crippen LogP contribution in [0.2, 0.25) is 0 Å². The van der Waals surface area contributed by atoms with Crippen molar-refractivity contribution in [3.8, 4) is 0 Å². The average Bonchev–Trinajstić information content (AvgIpc) is 3.08. The summed E-state index contributed by atoms with van der Waals surface area (Å²) in [5, 5.41) is 9.39. The van der Waals surface area contributed by atoms with Crippen LogP contribution in [-0.2, 0) is 24.8 Å².